The average Bonchev–Trinajstić information content (AvgIpc) is 2.42. The van der Waals surface area contributed by atoms with Crippen LogP contribution in [-0.2, 0) is 9.59 Å². The van der Waals surface area contributed by atoms with Crippen molar-refractivity contribution in [1.29, 1.82) is 0 Å². The molecule has 102 valence electrons. The van der Waals surface area contributed by atoms with E-state index in [1.54, 1.807) is 11.8 Å². The zero-order valence-corrected chi connectivity index (χ0v) is 12.0. The number of carbonyl (C=O) groups is 2. The summed E-state index contributed by atoms with van der Waals surface area (Å²) in [6.07, 6.45) is 3.14. The number of carbonyl (C=O) groups excluding carboxylic acids is 2. The maximum Gasteiger partial charge on any atom is 0.240 e. The molecule has 0 spiro atoms. The molecule has 0 bridgehead atoms. The van der Waals surface area contributed by atoms with Crippen molar-refractivity contribution >= 4 is 11.8 Å². The van der Waals surface area contributed by atoms with Gasteiger partial charge in [-0.15, -0.1) is 0 Å². The van der Waals surface area contributed by atoms with Crippen molar-refractivity contribution in [2.75, 3.05) is 6.54 Å². The topological polar surface area (TPSA) is 63.4 Å². The van der Waals surface area contributed by atoms with Gasteiger partial charge in [0.15, 0.2) is 0 Å². The lowest BCUT2D eigenvalue weighted by Gasteiger charge is -2.33. The Bertz CT molecular complexity index is 217. The number of likely N-dealkylation sites (tertiary alicyclic amines) is 1. The first-order chi connectivity index (χ1) is 8.16. The van der Waals surface area contributed by atoms with Crippen LogP contribution in [-0.4, -0.2) is 29.3 Å². The van der Waals surface area contributed by atoms with Crippen LogP contribution in [0.4, 0.5) is 0 Å². The lowest BCUT2D eigenvalue weighted by Crippen LogP contribution is -2.50. The minimum absolute atomic E-state index is 0.0310. The molecule has 0 radical (unpaired) electrons. The second kappa shape index (κ2) is 11.4. The molecule has 4 nitrogen and oxygen atoms in total. The fourth-order valence-electron chi connectivity index (χ4n) is 1.73. The summed E-state index contributed by atoms with van der Waals surface area (Å²) in [5.41, 5.74) is 5.22. The molecule has 1 aliphatic rings. The number of hydrogen-bond donors (Lipinski definition) is 1. The zero-order chi connectivity index (χ0) is 13.8. The highest BCUT2D eigenvalue weighted by atomic mass is 16.2. The molecule has 0 aliphatic carbocycles. The summed E-state index contributed by atoms with van der Waals surface area (Å²) in [5.74, 6) is -0.343. The monoisotopic (exact) mass is 244 g/mol. The van der Waals surface area contributed by atoms with E-state index in [0.29, 0.717) is 13.0 Å². The Morgan fingerprint density at radius 3 is 2.12 bits per heavy atom. The van der Waals surface area contributed by atoms with Crippen molar-refractivity contribution in [3.8, 4) is 0 Å². The number of piperidine rings is 1. The molecule has 0 saturated carbocycles. The molecule has 1 unspecified atom stereocenters. The molecule has 0 aromatic rings. The van der Waals surface area contributed by atoms with Gasteiger partial charge in [-0.1, -0.05) is 34.6 Å². The van der Waals surface area contributed by atoms with Gasteiger partial charge in [0, 0.05) is 13.0 Å². The van der Waals surface area contributed by atoms with E-state index in [2.05, 4.69) is 0 Å². The third kappa shape index (κ3) is 6.29. The number of nitrogens with two attached hydrogens (primary N) is 1. The van der Waals surface area contributed by atoms with Crippen molar-refractivity contribution in [3.63, 3.8) is 0 Å². The summed E-state index contributed by atoms with van der Waals surface area (Å²) >= 11 is 0. The first kappa shape index (κ1) is 18.3. The first-order valence-electron chi connectivity index (χ1n) is 6.75. The standard InChI is InChI=1S/C9H16N2O2.2C2H6/c1-2-8(12)11-6-4-3-5-7(11)9(10)13;2*1-2/h7H,2-6H2,1H3,(H2,10,13);2*1-2H3. The molecule has 1 aliphatic heterocycles. The maximum atomic E-state index is 11.4. The van der Waals surface area contributed by atoms with E-state index in [0.717, 1.165) is 19.3 Å². The Balaban J connectivity index is 0. The molecular formula is C13H28N2O2. The fourth-order valence-corrected chi connectivity index (χ4v) is 1.73. The van der Waals surface area contributed by atoms with Gasteiger partial charge >= 0.3 is 0 Å². The van der Waals surface area contributed by atoms with E-state index >= 15 is 0 Å². The second-order valence-electron chi connectivity index (χ2n) is 3.35. The van der Waals surface area contributed by atoms with E-state index in [-0.39, 0.29) is 17.9 Å². The van der Waals surface area contributed by atoms with Crippen LogP contribution in [0.15, 0.2) is 0 Å². The smallest absolute Gasteiger partial charge is 0.240 e. The lowest BCUT2D eigenvalue weighted by atomic mass is 10.0. The quantitative estimate of drug-likeness (QED) is 0.810. The first-order valence-corrected chi connectivity index (χ1v) is 6.75. The van der Waals surface area contributed by atoms with E-state index < -0.39 is 0 Å². The third-order valence-electron chi connectivity index (χ3n) is 2.45. The molecule has 17 heavy (non-hydrogen) atoms. The number of primary amides is 1. The number of nitrogens with zero attached hydrogens (tertiary/aromatic N) is 1. The zero-order valence-electron chi connectivity index (χ0n) is 12.0. The summed E-state index contributed by atoms with van der Waals surface area (Å²) in [5, 5.41) is 0. The maximum absolute atomic E-state index is 11.4. The molecule has 0 aromatic heterocycles. The molecule has 4 heteroatoms. The Morgan fingerprint density at radius 1 is 1.18 bits per heavy atom. The Labute approximate surface area is 106 Å². The predicted molar refractivity (Wildman–Crippen MR) is 71.5 cm³/mol. The molecule has 0 aromatic carbocycles. The summed E-state index contributed by atoms with van der Waals surface area (Å²) in [7, 11) is 0. The average molecular weight is 244 g/mol. The van der Waals surface area contributed by atoms with Crippen molar-refractivity contribution < 1.29 is 9.59 Å². The lowest BCUT2D eigenvalue weighted by molar-refractivity contribution is -0.140. The number of rotatable bonds is 2. The van der Waals surface area contributed by atoms with E-state index in [1.165, 1.54) is 0 Å². The van der Waals surface area contributed by atoms with Gasteiger partial charge in [-0.2, -0.15) is 0 Å². The number of hydrogen-bond acceptors (Lipinski definition) is 2. The van der Waals surface area contributed by atoms with Crippen molar-refractivity contribution in [2.45, 2.75) is 66.3 Å². The second-order valence-corrected chi connectivity index (χ2v) is 3.35. The third-order valence-corrected chi connectivity index (χ3v) is 2.45. The summed E-state index contributed by atoms with van der Waals surface area (Å²) in [4.78, 5) is 24.0. The Hall–Kier alpha value is -1.06. The van der Waals surface area contributed by atoms with E-state index in [1.807, 2.05) is 27.7 Å². The Kier molecular flexibility index (Phi) is 12.3. The largest absolute Gasteiger partial charge is 0.368 e. The molecule has 1 rings (SSSR count). The normalized spacial score (nSPS) is 18.2. The summed E-state index contributed by atoms with van der Waals surface area (Å²) in [6.45, 7) is 10.5. The highest BCUT2D eigenvalue weighted by Gasteiger charge is 2.29. The van der Waals surface area contributed by atoms with Gasteiger partial charge in [0.25, 0.3) is 0 Å². The summed E-state index contributed by atoms with van der Waals surface area (Å²) in [6, 6.07) is -0.360. The Morgan fingerprint density at radius 2 is 1.71 bits per heavy atom. The van der Waals surface area contributed by atoms with Gasteiger partial charge < -0.3 is 10.6 Å². The molecule has 1 saturated heterocycles. The molecule has 1 heterocycles. The molecule has 2 amide bonds. The minimum atomic E-state index is -0.374. The van der Waals surface area contributed by atoms with E-state index in [4.69, 9.17) is 5.73 Å². The van der Waals surface area contributed by atoms with Crippen LogP contribution in [0.25, 0.3) is 0 Å². The van der Waals surface area contributed by atoms with Crippen LogP contribution in [0.2, 0.25) is 0 Å². The highest BCUT2D eigenvalue weighted by Crippen LogP contribution is 2.17. The van der Waals surface area contributed by atoms with Crippen molar-refractivity contribution in [2.24, 2.45) is 5.73 Å². The molecule has 1 atom stereocenters. The van der Waals surface area contributed by atoms with Crippen molar-refractivity contribution in [1.82, 2.24) is 4.90 Å². The van der Waals surface area contributed by atoms with Crippen molar-refractivity contribution in [3.05, 3.63) is 0 Å². The summed E-state index contributed by atoms with van der Waals surface area (Å²) < 4.78 is 0. The van der Waals surface area contributed by atoms with Crippen LogP contribution in [0, 0.1) is 0 Å². The highest BCUT2D eigenvalue weighted by molar-refractivity contribution is 5.86. The van der Waals surface area contributed by atoms with Gasteiger partial charge in [-0.3, -0.25) is 9.59 Å². The van der Waals surface area contributed by atoms with Gasteiger partial charge in [0.2, 0.25) is 11.8 Å². The van der Waals surface area contributed by atoms with Gasteiger partial charge in [0.05, 0.1) is 0 Å². The van der Waals surface area contributed by atoms with Crippen LogP contribution in [0.3, 0.4) is 0 Å². The van der Waals surface area contributed by atoms with Crippen LogP contribution in [0.5, 0.6) is 0 Å². The fraction of sp³-hybridized carbons (Fsp3) is 0.846. The SMILES string of the molecule is CC.CC.CCC(=O)N1CCCCC1C(N)=O. The van der Waals surface area contributed by atoms with Crippen LogP contribution >= 0.6 is 0 Å². The van der Waals surface area contributed by atoms with Crippen LogP contribution in [0.1, 0.15) is 60.3 Å². The van der Waals surface area contributed by atoms with E-state index in [9.17, 15) is 9.59 Å². The van der Waals surface area contributed by atoms with Gasteiger partial charge in [-0.05, 0) is 19.3 Å². The van der Waals surface area contributed by atoms with Gasteiger partial charge in [-0.25, -0.2) is 0 Å². The van der Waals surface area contributed by atoms with Crippen LogP contribution < -0.4 is 5.73 Å². The molecular weight excluding hydrogens is 216 g/mol. The predicted octanol–water partition coefficient (Wildman–Crippen LogP) is 2.32. The number of amides is 2. The minimum Gasteiger partial charge on any atom is -0.368 e. The molecule has 1 fully saturated rings. The van der Waals surface area contributed by atoms with Gasteiger partial charge in [0.1, 0.15) is 6.04 Å². The molecule has 2 N–H and O–H groups in total.